The fourth-order valence-corrected chi connectivity index (χ4v) is 4.53. The van der Waals surface area contributed by atoms with E-state index in [0.717, 1.165) is 48.5 Å². The lowest BCUT2D eigenvalue weighted by Crippen LogP contribution is -2.63. The minimum atomic E-state index is -0.553. The molecule has 9 nitrogen and oxygen atoms in total. The van der Waals surface area contributed by atoms with Gasteiger partial charge in [-0.25, -0.2) is 19.7 Å². The molecule has 0 bridgehead atoms. The molecular formula is C18H24N7O2S+. The largest absolute Gasteiger partial charge is 0.392 e. The van der Waals surface area contributed by atoms with Crippen LogP contribution in [0.3, 0.4) is 0 Å². The molecule has 0 aromatic carbocycles. The van der Waals surface area contributed by atoms with Gasteiger partial charge in [-0.1, -0.05) is 16.8 Å². The Morgan fingerprint density at radius 2 is 1.96 bits per heavy atom. The van der Waals surface area contributed by atoms with Gasteiger partial charge in [-0.2, -0.15) is 0 Å². The number of aliphatic imine (C=N–C) groups is 1. The predicted molar refractivity (Wildman–Crippen MR) is 106 cm³/mol. The summed E-state index contributed by atoms with van der Waals surface area (Å²) in [5, 5.41) is 0.724. The van der Waals surface area contributed by atoms with Crippen LogP contribution in [0.2, 0.25) is 0 Å². The lowest BCUT2D eigenvalue weighted by molar-refractivity contribution is -0.511. The molecule has 2 saturated heterocycles. The summed E-state index contributed by atoms with van der Waals surface area (Å²) in [7, 11) is 3.21. The summed E-state index contributed by atoms with van der Waals surface area (Å²) in [4.78, 5) is 43.4. The summed E-state index contributed by atoms with van der Waals surface area (Å²) in [6, 6.07) is 0.972. The van der Waals surface area contributed by atoms with E-state index in [0.29, 0.717) is 12.4 Å². The normalized spacial score (nSPS) is 22.3. The molecule has 3 amide bonds. The number of carbonyl (C=O) groups is 2. The molecule has 0 saturated carbocycles. The highest BCUT2D eigenvalue weighted by Crippen LogP contribution is 2.25. The van der Waals surface area contributed by atoms with E-state index in [-0.39, 0.29) is 11.9 Å². The van der Waals surface area contributed by atoms with Crippen molar-refractivity contribution in [2.24, 2.45) is 4.99 Å². The Kier molecular flexibility index (Phi) is 5.05. The smallest absolute Gasteiger partial charge is 0.270 e. The molecular weight excluding hydrogens is 378 g/mol. The van der Waals surface area contributed by atoms with Crippen LogP contribution in [0.5, 0.6) is 0 Å². The Morgan fingerprint density at radius 1 is 1.21 bits per heavy atom. The molecule has 2 fully saturated rings. The van der Waals surface area contributed by atoms with Gasteiger partial charge < -0.3 is 0 Å². The number of nitrogens with zero attached hydrogens (tertiary/aromatic N) is 7. The number of aromatic nitrogens is 2. The fourth-order valence-electron chi connectivity index (χ4n) is 3.71. The third-order valence-corrected chi connectivity index (χ3v) is 6.08. The first-order valence-corrected chi connectivity index (χ1v) is 10.4. The van der Waals surface area contributed by atoms with Crippen molar-refractivity contribution in [2.45, 2.75) is 31.0 Å². The maximum atomic E-state index is 12.9. The average Bonchev–Trinajstić information content (AvgIpc) is 3.33. The maximum Gasteiger partial charge on any atom is 0.392 e. The van der Waals surface area contributed by atoms with Crippen LogP contribution in [0.25, 0.3) is 0 Å². The van der Waals surface area contributed by atoms with Gasteiger partial charge in [0.2, 0.25) is 11.9 Å². The number of guanidine groups is 1. The second kappa shape index (κ2) is 7.50. The minimum Gasteiger partial charge on any atom is -0.270 e. The van der Waals surface area contributed by atoms with Crippen molar-refractivity contribution < 1.29 is 14.2 Å². The van der Waals surface area contributed by atoms with Gasteiger partial charge in [0, 0.05) is 31.7 Å². The first-order chi connectivity index (χ1) is 13.5. The molecule has 4 heterocycles. The quantitative estimate of drug-likeness (QED) is 0.418. The van der Waals surface area contributed by atoms with Gasteiger partial charge in [0.1, 0.15) is 0 Å². The summed E-state index contributed by atoms with van der Waals surface area (Å²) in [6.45, 7) is 4.40. The predicted octanol–water partition coefficient (Wildman–Crippen LogP) is 0.646. The highest BCUT2D eigenvalue weighted by atomic mass is 32.2. The topological polar surface area (TPSA) is 85.0 Å². The number of amides is 3. The maximum absolute atomic E-state index is 12.9. The summed E-state index contributed by atoms with van der Waals surface area (Å²) in [6.07, 6.45) is 3.98. The molecule has 1 atom stereocenters. The molecule has 1 aromatic rings. The van der Waals surface area contributed by atoms with Gasteiger partial charge in [-0.15, -0.1) is 0 Å². The molecule has 0 radical (unpaired) electrons. The Bertz CT molecular complexity index is 876. The monoisotopic (exact) mass is 402 g/mol. The van der Waals surface area contributed by atoms with Crippen LogP contribution in [0.15, 0.2) is 22.4 Å². The van der Waals surface area contributed by atoms with E-state index >= 15 is 0 Å². The average molecular weight is 403 g/mol. The number of amidine groups is 1. The Morgan fingerprint density at radius 3 is 2.68 bits per heavy atom. The number of aryl methyl sites for hydroxylation is 1. The lowest BCUT2D eigenvalue weighted by Gasteiger charge is -2.33. The van der Waals surface area contributed by atoms with Crippen molar-refractivity contribution in [1.29, 1.82) is 0 Å². The summed E-state index contributed by atoms with van der Waals surface area (Å²) >= 11 is 1.56. The van der Waals surface area contributed by atoms with Crippen LogP contribution in [0.4, 0.5) is 4.79 Å². The standard InChI is InChI=1S/C18H24N7O2S/c1-12-6-7-19-16(20-12)28-11-10-25-13-14(21-17(25)24-8-4-5-9-24)22(2)18(27)23(3)15(13)26/h6-7,13H,4-5,8-11H2,1-3H3/q+1. The molecule has 28 heavy (non-hydrogen) atoms. The molecule has 4 rings (SSSR count). The van der Waals surface area contributed by atoms with Crippen molar-refractivity contribution in [2.75, 3.05) is 39.5 Å². The Balaban J connectivity index is 1.59. The number of fused-ring (bicyclic) bond motifs is 1. The molecule has 0 aliphatic carbocycles. The van der Waals surface area contributed by atoms with Crippen molar-refractivity contribution in [1.82, 2.24) is 24.7 Å². The van der Waals surface area contributed by atoms with Gasteiger partial charge in [0.25, 0.3) is 5.91 Å². The number of likely N-dealkylation sites (N-methyl/N-ethyl adjacent to an activating group) is 2. The molecule has 148 valence electrons. The zero-order valence-corrected chi connectivity index (χ0v) is 17.1. The molecule has 1 aromatic heterocycles. The Labute approximate surface area is 168 Å². The molecule has 10 heteroatoms. The van der Waals surface area contributed by atoms with E-state index in [2.05, 4.69) is 14.5 Å². The molecule has 3 aliphatic heterocycles. The van der Waals surface area contributed by atoms with E-state index in [1.165, 1.54) is 16.8 Å². The van der Waals surface area contributed by atoms with Gasteiger partial charge in [0.15, 0.2) is 5.16 Å². The van der Waals surface area contributed by atoms with Crippen LogP contribution >= 0.6 is 11.8 Å². The van der Waals surface area contributed by atoms with Crippen molar-refractivity contribution >= 4 is 35.5 Å². The number of rotatable bonds is 4. The lowest BCUT2D eigenvalue weighted by atomic mass is 10.1. The fraction of sp³-hybridized carbons (Fsp3) is 0.556. The van der Waals surface area contributed by atoms with Gasteiger partial charge in [0.05, 0.1) is 19.6 Å². The number of carbonyl (C=O) groups excluding carboxylic acids is 2. The summed E-state index contributed by atoms with van der Waals surface area (Å²) in [5.74, 6) is 1.81. The van der Waals surface area contributed by atoms with Crippen molar-refractivity contribution in [3.05, 3.63) is 18.0 Å². The summed E-state index contributed by atoms with van der Waals surface area (Å²) in [5.41, 5.74) is 0.929. The zero-order valence-electron chi connectivity index (χ0n) is 16.3. The highest BCUT2D eigenvalue weighted by molar-refractivity contribution is 7.99. The highest BCUT2D eigenvalue weighted by Gasteiger charge is 2.55. The molecule has 3 aliphatic rings. The van der Waals surface area contributed by atoms with Crippen LogP contribution in [-0.2, 0) is 4.79 Å². The number of urea groups is 1. The van der Waals surface area contributed by atoms with Crippen LogP contribution in [0.1, 0.15) is 18.5 Å². The number of imide groups is 1. The van der Waals surface area contributed by atoms with E-state index in [1.54, 1.807) is 25.0 Å². The number of hydrogen-bond donors (Lipinski definition) is 0. The first-order valence-electron chi connectivity index (χ1n) is 9.42. The van der Waals surface area contributed by atoms with Gasteiger partial charge >= 0.3 is 12.0 Å². The van der Waals surface area contributed by atoms with E-state index in [1.807, 2.05) is 17.9 Å². The minimum absolute atomic E-state index is 0.229. The molecule has 0 spiro atoms. The van der Waals surface area contributed by atoms with Crippen LogP contribution in [-0.4, -0.2) is 98.5 Å². The zero-order chi connectivity index (χ0) is 19.8. The second-order valence-corrected chi connectivity index (χ2v) is 8.19. The second-order valence-electron chi connectivity index (χ2n) is 7.13. The SMILES string of the molecule is Cc1ccnc(SCCN2C(=[N+]3CCCC3)N=C3C2C(=O)N(C)C(=O)N3C)n1. The molecule has 0 N–H and O–H groups in total. The molecule has 1 unspecified atom stereocenters. The third-order valence-electron chi connectivity index (χ3n) is 5.23. The summed E-state index contributed by atoms with van der Waals surface area (Å²) < 4.78 is 2.21. The van der Waals surface area contributed by atoms with Crippen LogP contribution < -0.4 is 0 Å². The van der Waals surface area contributed by atoms with Crippen molar-refractivity contribution in [3.63, 3.8) is 0 Å². The van der Waals surface area contributed by atoms with Gasteiger partial charge in [-0.05, 0) is 25.8 Å². The van der Waals surface area contributed by atoms with Gasteiger partial charge in [-0.3, -0.25) is 19.2 Å². The van der Waals surface area contributed by atoms with E-state index < -0.39 is 6.04 Å². The Hall–Kier alpha value is -2.49. The number of hydrogen-bond acceptors (Lipinski definition) is 5. The first kappa shape index (κ1) is 18.9. The van der Waals surface area contributed by atoms with E-state index in [9.17, 15) is 9.59 Å². The van der Waals surface area contributed by atoms with Crippen LogP contribution in [0, 0.1) is 6.92 Å². The third kappa shape index (κ3) is 3.25. The number of thioether (sulfide) groups is 1. The van der Waals surface area contributed by atoms with Crippen molar-refractivity contribution in [3.8, 4) is 0 Å². The van der Waals surface area contributed by atoms with E-state index in [4.69, 9.17) is 4.99 Å².